The van der Waals surface area contributed by atoms with E-state index in [1.807, 2.05) is 55.5 Å². The summed E-state index contributed by atoms with van der Waals surface area (Å²) in [7, 11) is 2.12. The van der Waals surface area contributed by atoms with Crippen molar-refractivity contribution in [3.05, 3.63) is 175 Å². The van der Waals surface area contributed by atoms with Crippen LogP contribution in [0, 0.1) is 0 Å². The van der Waals surface area contributed by atoms with Crippen molar-refractivity contribution in [2.24, 2.45) is 12.0 Å². The molecule has 0 saturated carbocycles. The lowest BCUT2D eigenvalue weighted by Gasteiger charge is -2.12. The number of aryl methyl sites for hydroxylation is 1. The van der Waals surface area contributed by atoms with Crippen molar-refractivity contribution < 1.29 is 0 Å². The first-order valence-corrected chi connectivity index (χ1v) is 15.1. The highest BCUT2D eigenvalue weighted by molar-refractivity contribution is 6.12. The Balaban J connectivity index is 0.000000178. The number of rotatable bonds is 9. The molecule has 1 N–H and O–H groups in total. The maximum absolute atomic E-state index is 4.08. The number of hydrogen-bond acceptors (Lipinski definition) is 2. The van der Waals surface area contributed by atoms with Crippen molar-refractivity contribution in [1.82, 2.24) is 4.57 Å². The highest BCUT2D eigenvalue weighted by Crippen LogP contribution is 2.35. The number of para-hydroxylation sites is 3. The summed E-state index contributed by atoms with van der Waals surface area (Å²) in [6.07, 6.45) is 10.7. The first-order valence-electron chi connectivity index (χ1n) is 15.1. The lowest BCUT2D eigenvalue weighted by molar-refractivity contribution is 1.01. The molecule has 3 heteroatoms. The van der Waals surface area contributed by atoms with Crippen LogP contribution < -0.4 is 5.32 Å². The number of aliphatic imine (C=N–C) groups is 1. The number of hydrogen-bond donors (Lipinski definition) is 1. The van der Waals surface area contributed by atoms with Crippen molar-refractivity contribution in [1.29, 1.82) is 0 Å². The van der Waals surface area contributed by atoms with Crippen LogP contribution in [0.4, 0.5) is 17.1 Å². The molecule has 0 unspecified atom stereocenters. The minimum atomic E-state index is 0.864. The summed E-state index contributed by atoms with van der Waals surface area (Å²) in [6.45, 7) is 13.4. The Morgan fingerprint density at radius 2 is 1.51 bits per heavy atom. The molecule has 6 aromatic rings. The van der Waals surface area contributed by atoms with E-state index < -0.39 is 0 Å². The number of fused-ring (bicyclic) bond motifs is 3. The van der Waals surface area contributed by atoms with E-state index in [-0.39, 0.29) is 0 Å². The Bertz CT molecular complexity index is 2010. The molecule has 0 bridgehead atoms. The largest absolute Gasteiger partial charge is 0.355 e. The highest BCUT2D eigenvalue weighted by Gasteiger charge is 2.13. The van der Waals surface area contributed by atoms with Gasteiger partial charge in [0.2, 0.25) is 0 Å². The van der Waals surface area contributed by atoms with Gasteiger partial charge in [-0.2, -0.15) is 0 Å². The van der Waals surface area contributed by atoms with E-state index in [0.717, 1.165) is 29.0 Å². The van der Waals surface area contributed by atoms with E-state index in [0.29, 0.717) is 0 Å². The van der Waals surface area contributed by atoms with Gasteiger partial charge in [0, 0.05) is 40.3 Å². The highest BCUT2D eigenvalue weighted by atomic mass is 15.0. The number of nitrogens with zero attached hydrogens (tertiary/aromatic N) is 2. The fraction of sp³-hybridized carbons (Fsp3) is 0.0714. The summed E-state index contributed by atoms with van der Waals surface area (Å²) >= 11 is 0. The predicted octanol–water partition coefficient (Wildman–Crippen LogP) is 11.5. The van der Waals surface area contributed by atoms with Gasteiger partial charge in [-0.05, 0) is 72.7 Å². The third kappa shape index (κ3) is 6.95. The maximum atomic E-state index is 4.08. The number of nitrogens with one attached hydrogen (secondary N) is 1. The third-order valence-electron chi connectivity index (χ3n) is 7.93. The first-order chi connectivity index (χ1) is 22.1. The molecule has 0 atom stereocenters. The number of aromatic nitrogens is 1. The zero-order valence-corrected chi connectivity index (χ0v) is 26.1. The van der Waals surface area contributed by atoms with Gasteiger partial charge in [-0.25, -0.2) is 0 Å². The molecule has 0 amide bonds. The van der Waals surface area contributed by atoms with Gasteiger partial charge in [-0.1, -0.05) is 128 Å². The molecule has 45 heavy (non-hydrogen) atoms. The summed E-state index contributed by atoms with van der Waals surface area (Å²) < 4.78 is 2.25. The average Bonchev–Trinajstić information content (AvgIpc) is 3.38. The van der Waals surface area contributed by atoms with Crippen molar-refractivity contribution in [3.8, 4) is 0 Å². The Labute approximate surface area is 266 Å². The van der Waals surface area contributed by atoms with Crippen molar-refractivity contribution in [2.75, 3.05) is 5.32 Å². The average molecular weight is 586 g/mol. The lowest BCUT2D eigenvalue weighted by Crippen LogP contribution is -1.96. The van der Waals surface area contributed by atoms with E-state index in [1.54, 1.807) is 6.08 Å². The summed E-state index contributed by atoms with van der Waals surface area (Å²) in [5, 5.41) is 6.04. The van der Waals surface area contributed by atoms with Crippen LogP contribution in [0.2, 0.25) is 0 Å². The molecule has 222 valence electrons. The van der Waals surface area contributed by atoms with E-state index in [1.165, 1.54) is 44.1 Å². The minimum Gasteiger partial charge on any atom is -0.355 e. The summed E-state index contributed by atoms with van der Waals surface area (Å²) in [4.78, 5) is 4.08. The van der Waals surface area contributed by atoms with Gasteiger partial charge >= 0.3 is 0 Å². The van der Waals surface area contributed by atoms with Crippen LogP contribution in [-0.4, -0.2) is 11.3 Å². The molecule has 0 fully saturated rings. The van der Waals surface area contributed by atoms with Gasteiger partial charge in [-0.15, -0.1) is 0 Å². The molecule has 0 saturated heterocycles. The van der Waals surface area contributed by atoms with E-state index in [4.69, 9.17) is 0 Å². The molecule has 0 aliphatic carbocycles. The molecule has 0 aliphatic rings. The zero-order valence-electron chi connectivity index (χ0n) is 26.1. The molecule has 6 rings (SSSR count). The topological polar surface area (TPSA) is 29.3 Å². The first kappa shape index (κ1) is 30.8. The summed E-state index contributed by atoms with van der Waals surface area (Å²) in [5.74, 6) is 0. The van der Waals surface area contributed by atoms with Gasteiger partial charge in [-0.3, -0.25) is 4.99 Å². The minimum absolute atomic E-state index is 0.864. The zero-order chi connectivity index (χ0) is 31.6. The van der Waals surface area contributed by atoms with Crippen LogP contribution in [0.15, 0.2) is 158 Å². The second-order valence-corrected chi connectivity index (χ2v) is 10.7. The van der Waals surface area contributed by atoms with Gasteiger partial charge < -0.3 is 9.88 Å². The molecule has 0 aliphatic heterocycles. The van der Waals surface area contributed by atoms with Crippen LogP contribution in [0.1, 0.15) is 29.2 Å². The quantitative estimate of drug-likeness (QED) is 0.133. The van der Waals surface area contributed by atoms with Gasteiger partial charge in [0.15, 0.2) is 0 Å². The third-order valence-corrected chi connectivity index (χ3v) is 7.93. The monoisotopic (exact) mass is 585 g/mol. The van der Waals surface area contributed by atoms with Crippen LogP contribution in [0.3, 0.4) is 0 Å². The smallest absolute Gasteiger partial charge is 0.0657 e. The Kier molecular flexibility index (Phi) is 10.0. The Morgan fingerprint density at radius 1 is 0.800 bits per heavy atom. The number of anilines is 2. The maximum Gasteiger partial charge on any atom is 0.0657 e. The standard InChI is InChI=1S/C21H18N2.C21H21N/c1-3-16-19(22-15-9-5-4-6-10-15)14-13-18-17-11-7-8-12-20(17)23(2)21(16)18;1-4-6-9-18(5-2)19-14-12-17(13-15-19)16-20-10-7-8-11-21(20)22-3/h3-14,22H,1H2,2H3;4-15H,1,3,16H2,2H3/b;9-6-,18-5+. The van der Waals surface area contributed by atoms with Crippen LogP contribution in [-0.2, 0) is 13.5 Å². The Hall–Kier alpha value is -5.67. The van der Waals surface area contributed by atoms with Gasteiger partial charge in [0.25, 0.3) is 0 Å². The fourth-order valence-corrected chi connectivity index (χ4v) is 5.67. The molecule has 3 nitrogen and oxygen atoms in total. The molecule has 1 heterocycles. The fourth-order valence-electron chi connectivity index (χ4n) is 5.67. The van der Waals surface area contributed by atoms with Crippen molar-refractivity contribution >= 4 is 57.2 Å². The van der Waals surface area contributed by atoms with Crippen molar-refractivity contribution in [2.45, 2.75) is 13.3 Å². The number of benzene rings is 5. The molecule has 1 aromatic heterocycles. The van der Waals surface area contributed by atoms with Crippen molar-refractivity contribution in [3.63, 3.8) is 0 Å². The molecule has 5 aromatic carbocycles. The second kappa shape index (κ2) is 14.7. The normalized spacial score (nSPS) is 11.3. The molecule has 0 spiro atoms. The van der Waals surface area contributed by atoms with Crippen LogP contribution in [0.5, 0.6) is 0 Å². The lowest BCUT2D eigenvalue weighted by atomic mass is 9.99. The second-order valence-electron chi connectivity index (χ2n) is 10.7. The predicted molar refractivity (Wildman–Crippen MR) is 198 cm³/mol. The van der Waals surface area contributed by atoms with Crippen LogP contribution in [0.25, 0.3) is 33.5 Å². The SMILES string of the molecule is C=C/C=C\C(=C/C)c1ccc(Cc2ccccc2N=C)cc1.C=Cc1c(Nc2ccccc2)ccc2c3ccccc3n(C)c12. The van der Waals surface area contributed by atoms with E-state index in [2.05, 4.69) is 133 Å². The molecular weight excluding hydrogens is 546 g/mol. The van der Waals surface area contributed by atoms with E-state index >= 15 is 0 Å². The Morgan fingerprint density at radius 3 is 2.22 bits per heavy atom. The van der Waals surface area contributed by atoms with E-state index in [9.17, 15) is 0 Å². The number of allylic oxidation sites excluding steroid dienone is 5. The van der Waals surface area contributed by atoms with Gasteiger partial charge in [0.05, 0.1) is 11.2 Å². The summed E-state index contributed by atoms with van der Waals surface area (Å²) in [6, 6.07) is 39.8. The van der Waals surface area contributed by atoms with Gasteiger partial charge in [0.1, 0.15) is 0 Å². The molecular formula is C42H39N3. The molecule has 0 radical (unpaired) electrons. The summed E-state index contributed by atoms with van der Waals surface area (Å²) in [5.41, 5.74) is 11.5. The van der Waals surface area contributed by atoms with Crippen LogP contribution >= 0.6 is 0 Å².